The SMILES string of the molecule is O=C(NCC1CCN(C/C=C/c2ccccc2)CC1)c1ncc(-c2ccc(F)cc2F)o1. The van der Waals surface area contributed by atoms with E-state index in [-0.39, 0.29) is 17.2 Å². The van der Waals surface area contributed by atoms with Gasteiger partial charge in [-0.3, -0.25) is 9.69 Å². The Morgan fingerprint density at radius 2 is 1.94 bits per heavy atom. The molecule has 0 unspecified atom stereocenters. The first kappa shape index (κ1) is 21.9. The fourth-order valence-electron chi connectivity index (χ4n) is 3.78. The molecule has 1 amide bonds. The van der Waals surface area contributed by atoms with Gasteiger partial charge in [-0.25, -0.2) is 13.8 Å². The zero-order valence-corrected chi connectivity index (χ0v) is 17.6. The smallest absolute Gasteiger partial charge is 0.307 e. The molecule has 2 aromatic carbocycles. The van der Waals surface area contributed by atoms with Crippen molar-refractivity contribution in [3.8, 4) is 11.3 Å². The van der Waals surface area contributed by atoms with Gasteiger partial charge in [-0.2, -0.15) is 0 Å². The van der Waals surface area contributed by atoms with Crippen molar-refractivity contribution in [2.75, 3.05) is 26.2 Å². The quantitative estimate of drug-likeness (QED) is 0.578. The molecule has 0 bridgehead atoms. The second-order valence-electron chi connectivity index (χ2n) is 7.92. The summed E-state index contributed by atoms with van der Waals surface area (Å²) in [7, 11) is 0. The molecule has 1 aliphatic rings. The van der Waals surface area contributed by atoms with E-state index >= 15 is 0 Å². The number of hydrogen-bond acceptors (Lipinski definition) is 4. The fourth-order valence-corrected chi connectivity index (χ4v) is 3.78. The van der Waals surface area contributed by atoms with E-state index in [9.17, 15) is 13.6 Å². The number of rotatable bonds is 7. The van der Waals surface area contributed by atoms with Crippen LogP contribution in [-0.2, 0) is 0 Å². The Morgan fingerprint density at radius 3 is 2.69 bits per heavy atom. The number of carbonyl (C=O) groups is 1. The van der Waals surface area contributed by atoms with Crippen LogP contribution >= 0.6 is 0 Å². The molecule has 0 saturated carbocycles. The maximum absolute atomic E-state index is 13.9. The van der Waals surface area contributed by atoms with E-state index in [2.05, 4.69) is 39.5 Å². The van der Waals surface area contributed by atoms with Crippen LogP contribution in [0.4, 0.5) is 8.78 Å². The van der Waals surface area contributed by atoms with Crippen LogP contribution in [0.2, 0.25) is 0 Å². The predicted molar refractivity (Wildman–Crippen MR) is 119 cm³/mol. The molecule has 0 radical (unpaired) electrons. The molecule has 1 aromatic heterocycles. The number of oxazole rings is 1. The highest BCUT2D eigenvalue weighted by atomic mass is 19.1. The lowest BCUT2D eigenvalue weighted by Gasteiger charge is -2.31. The van der Waals surface area contributed by atoms with Gasteiger partial charge in [0.15, 0.2) is 5.76 Å². The van der Waals surface area contributed by atoms with Crippen LogP contribution in [0, 0.1) is 17.6 Å². The third-order valence-electron chi connectivity index (χ3n) is 5.63. The molecular weight excluding hydrogens is 412 g/mol. The Morgan fingerprint density at radius 1 is 1.16 bits per heavy atom. The van der Waals surface area contributed by atoms with Crippen LogP contribution in [0.1, 0.15) is 29.1 Å². The molecule has 4 rings (SSSR count). The molecule has 1 fully saturated rings. The summed E-state index contributed by atoms with van der Waals surface area (Å²) in [5.41, 5.74) is 1.26. The average molecular weight is 437 g/mol. The minimum atomic E-state index is -0.765. The third kappa shape index (κ3) is 5.68. The van der Waals surface area contributed by atoms with E-state index in [0.29, 0.717) is 12.5 Å². The predicted octanol–water partition coefficient (Wildman–Crippen LogP) is 4.78. The summed E-state index contributed by atoms with van der Waals surface area (Å²) in [5, 5.41) is 2.86. The molecule has 166 valence electrons. The molecule has 3 aromatic rings. The van der Waals surface area contributed by atoms with Gasteiger partial charge >= 0.3 is 5.91 Å². The largest absolute Gasteiger partial charge is 0.432 e. The zero-order chi connectivity index (χ0) is 22.3. The van der Waals surface area contributed by atoms with E-state index in [1.165, 1.54) is 17.8 Å². The van der Waals surface area contributed by atoms with Crippen molar-refractivity contribution in [2.24, 2.45) is 5.92 Å². The van der Waals surface area contributed by atoms with E-state index in [4.69, 9.17) is 4.42 Å². The zero-order valence-electron chi connectivity index (χ0n) is 17.6. The molecule has 0 atom stereocenters. The van der Waals surface area contributed by atoms with Gasteiger partial charge in [-0.1, -0.05) is 42.5 Å². The topological polar surface area (TPSA) is 58.4 Å². The molecule has 1 saturated heterocycles. The summed E-state index contributed by atoms with van der Waals surface area (Å²) in [4.78, 5) is 18.7. The molecular formula is C25H25F2N3O2. The number of aromatic nitrogens is 1. The number of carbonyl (C=O) groups excluding carboxylic acids is 1. The number of nitrogens with one attached hydrogen (secondary N) is 1. The Hall–Kier alpha value is -3.32. The number of benzene rings is 2. The number of likely N-dealkylation sites (tertiary alicyclic amines) is 1. The van der Waals surface area contributed by atoms with E-state index in [0.717, 1.165) is 44.6 Å². The lowest BCUT2D eigenvalue weighted by molar-refractivity contribution is 0.0904. The Labute approximate surface area is 185 Å². The lowest BCUT2D eigenvalue weighted by Crippen LogP contribution is -2.38. The first-order chi connectivity index (χ1) is 15.6. The van der Waals surface area contributed by atoms with Crippen LogP contribution in [0.3, 0.4) is 0 Å². The van der Waals surface area contributed by atoms with Crippen molar-refractivity contribution in [1.29, 1.82) is 0 Å². The highest BCUT2D eigenvalue weighted by Gasteiger charge is 2.21. The summed E-state index contributed by atoms with van der Waals surface area (Å²) in [6.45, 7) is 3.40. The standard InChI is InChI=1S/C25H25F2N3O2/c26-20-8-9-21(22(27)15-20)23-17-29-25(32-23)24(31)28-16-19-10-13-30(14-11-19)12-4-7-18-5-2-1-3-6-18/h1-9,15,17,19H,10-14,16H2,(H,28,31)/b7-4+. The van der Waals surface area contributed by atoms with Crippen molar-refractivity contribution < 1.29 is 18.0 Å². The van der Waals surface area contributed by atoms with Crippen LogP contribution in [0.15, 0.2) is 65.2 Å². The van der Waals surface area contributed by atoms with Gasteiger partial charge in [0.2, 0.25) is 0 Å². The maximum atomic E-state index is 13.9. The summed E-state index contributed by atoms with van der Waals surface area (Å²) >= 11 is 0. The van der Waals surface area contributed by atoms with Gasteiger partial charge < -0.3 is 9.73 Å². The van der Waals surface area contributed by atoms with Crippen molar-refractivity contribution in [3.05, 3.63) is 83.9 Å². The second-order valence-corrected chi connectivity index (χ2v) is 7.92. The van der Waals surface area contributed by atoms with Crippen molar-refractivity contribution in [1.82, 2.24) is 15.2 Å². The molecule has 0 aliphatic carbocycles. The highest BCUT2D eigenvalue weighted by molar-refractivity contribution is 5.90. The summed E-state index contributed by atoms with van der Waals surface area (Å²) in [6.07, 6.45) is 7.58. The highest BCUT2D eigenvalue weighted by Crippen LogP contribution is 2.24. The summed E-state index contributed by atoms with van der Waals surface area (Å²) in [5.74, 6) is -1.54. The summed E-state index contributed by atoms with van der Waals surface area (Å²) < 4.78 is 32.4. The normalized spacial score (nSPS) is 15.3. The molecule has 0 spiro atoms. The van der Waals surface area contributed by atoms with Crippen LogP contribution in [0.25, 0.3) is 17.4 Å². The molecule has 1 N–H and O–H groups in total. The minimum Gasteiger partial charge on any atom is -0.432 e. The molecule has 7 heteroatoms. The van der Waals surface area contributed by atoms with Crippen molar-refractivity contribution in [2.45, 2.75) is 12.8 Å². The van der Waals surface area contributed by atoms with E-state index < -0.39 is 17.5 Å². The van der Waals surface area contributed by atoms with E-state index in [1.807, 2.05) is 18.2 Å². The van der Waals surface area contributed by atoms with Crippen LogP contribution in [0.5, 0.6) is 0 Å². The first-order valence-electron chi connectivity index (χ1n) is 10.7. The van der Waals surface area contributed by atoms with Crippen molar-refractivity contribution >= 4 is 12.0 Å². The average Bonchev–Trinajstić information content (AvgIpc) is 3.29. The van der Waals surface area contributed by atoms with Crippen LogP contribution in [-0.4, -0.2) is 42.0 Å². The number of halogens is 2. The number of hydrogen-bond donors (Lipinski definition) is 1. The third-order valence-corrected chi connectivity index (χ3v) is 5.63. The number of piperidine rings is 1. The lowest BCUT2D eigenvalue weighted by atomic mass is 9.97. The monoisotopic (exact) mass is 437 g/mol. The molecule has 32 heavy (non-hydrogen) atoms. The van der Waals surface area contributed by atoms with Gasteiger partial charge in [0.1, 0.15) is 11.6 Å². The number of amides is 1. The Bertz CT molecular complexity index is 1070. The Balaban J connectivity index is 1.22. The van der Waals surface area contributed by atoms with Gasteiger partial charge in [-0.05, 0) is 49.5 Å². The number of nitrogens with zero attached hydrogens (tertiary/aromatic N) is 2. The second kappa shape index (κ2) is 10.3. The van der Waals surface area contributed by atoms with Gasteiger partial charge in [0.25, 0.3) is 5.89 Å². The Kier molecular flexibility index (Phi) is 7.07. The maximum Gasteiger partial charge on any atom is 0.307 e. The minimum absolute atomic E-state index is 0.0617. The van der Waals surface area contributed by atoms with E-state index in [1.54, 1.807) is 0 Å². The first-order valence-corrected chi connectivity index (χ1v) is 10.7. The van der Waals surface area contributed by atoms with Crippen LogP contribution < -0.4 is 5.32 Å². The molecule has 2 heterocycles. The van der Waals surface area contributed by atoms with Crippen molar-refractivity contribution in [3.63, 3.8) is 0 Å². The molecule has 1 aliphatic heterocycles. The summed E-state index contributed by atoms with van der Waals surface area (Å²) in [6, 6.07) is 13.4. The van der Waals surface area contributed by atoms with Gasteiger partial charge in [0.05, 0.1) is 11.8 Å². The van der Waals surface area contributed by atoms with Gasteiger partial charge in [0, 0.05) is 19.2 Å². The molecule has 5 nitrogen and oxygen atoms in total. The fraction of sp³-hybridized carbons (Fsp3) is 0.280. The van der Waals surface area contributed by atoms with Gasteiger partial charge in [-0.15, -0.1) is 0 Å².